The van der Waals surface area contributed by atoms with Gasteiger partial charge in [-0.3, -0.25) is 0 Å². The molecular formula is C11H25N. The molecule has 0 aliphatic carbocycles. The summed E-state index contributed by atoms with van der Waals surface area (Å²) < 4.78 is 0. The Morgan fingerprint density at radius 3 is 2.25 bits per heavy atom. The largest absolute Gasteiger partial charge is 0.328 e. The molecule has 0 saturated carbocycles. The fourth-order valence-corrected chi connectivity index (χ4v) is 1.57. The average molecular weight is 171 g/mol. The molecule has 0 bridgehead atoms. The first-order chi connectivity index (χ1) is 5.70. The van der Waals surface area contributed by atoms with E-state index in [1.807, 2.05) is 0 Å². The van der Waals surface area contributed by atoms with Crippen LogP contribution in [0.5, 0.6) is 0 Å². The Balaban J connectivity index is 3.18. The molecule has 2 unspecified atom stereocenters. The van der Waals surface area contributed by atoms with Crippen molar-refractivity contribution in [2.45, 2.75) is 65.3 Å². The summed E-state index contributed by atoms with van der Waals surface area (Å²) in [6.07, 6.45) is 7.72. The van der Waals surface area contributed by atoms with Gasteiger partial charge in [-0.05, 0) is 18.8 Å². The third-order valence-corrected chi connectivity index (χ3v) is 2.58. The first kappa shape index (κ1) is 12.0. The second-order valence-electron chi connectivity index (χ2n) is 3.99. The van der Waals surface area contributed by atoms with Crippen LogP contribution >= 0.6 is 0 Å². The van der Waals surface area contributed by atoms with E-state index < -0.39 is 0 Å². The normalized spacial score (nSPS) is 16.0. The van der Waals surface area contributed by atoms with E-state index in [1.54, 1.807) is 0 Å². The van der Waals surface area contributed by atoms with Gasteiger partial charge in [-0.2, -0.15) is 0 Å². The molecule has 0 aromatic carbocycles. The van der Waals surface area contributed by atoms with Crippen LogP contribution < -0.4 is 5.73 Å². The SMILES string of the molecule is CCCC(C)CCCC(N)CC. The molecule has 1 heteroatoms. The van der Waals surface area contributed by atoms with E-state index in [4.69, 9.17) is 5.73 Å². The highest BCUT2D eigenvalue weighted by Crippen LogP contribution is 2.14. The second-order valence-corrected chi connectivity index (χ2v) is 3.99. The smallest absolute Gasteiger partial charge is 0.00362 e. The van der Waals surface area contributed by atoms with Gasteiger partial charge in [0, 0.05) is 6.04 Å². The van der Waals surface area contributed by atoms with E-state index in [0.717, 1.165) is 12.3 Å². The zero-order valence-corrected chi connectivity index (χ0v) is 8.97. The predicted octanol–water partition coefficient (Wildman–Crippen LogP) is 3.33. The Hall–Kier alpha value is -0.0400. The Morgan fingerprint density at radius 2 is 1.75 bits per heavy atom. The van der Waals surface area contributed by atoms with Crippen LogP contribution in [0.4, 0.5) is 0 Å². The Labute approximate surface area is 77.7 Å². The summed E-state index contributed by atoms with van der Waals surface area (Å²) >= 11 is 0. The zero-order chi connectivity index (χ0) is 9.40. The van der Waals surface area contributed by atoms with Crippen molar-refractivity contribution in [3.05, 3.63) is 0 Å². The van der Waals surface area contributed by atoms with Gasteiger partial charge in [0.15, 0.2) is 0 Å². The van der Waals surface area contributed by atoms with Gasteiger partial charge in [-0.1, -0.05) is 46.5 Å². The monoisotopic (exact) mass is 171 g/mol. The van der Waals surface area contributed by atoms with Gasteiger partial charge in [-0.15, -0.1) is 0 Å². The molecule has 2 atom stereocenters. The molecule has 0 amide bonds. The summed E-state index contributed by atoms with van der Waals surface area (Å²) in [6, 6.07) is 0.443. The summed E-state index contributed by atoms with van der Waals surface area (Å²) in [6.45, 7) is 6.77. The van der Waals surface area contributed by atoms with Crippen LogP contribution in [0.25, 0.3) is 0 Å². The van der Waals surface area contributed by atoms with Crippen LogP contribution in [0.15, 0.2) is 0 Å². The molecule has 0 fully saturated rings. The summed E-state index contributed by atoms with van der Waals surface area (Å²) in [4.78, 5) is 0. The van der Waals surface area contributed by atoms with Gasteiger partial charge < -0.3 is 5.73 Å². The minimum absolute atomic E-state index is 0.443. The number of hydrogen-bond acceptors (Lipinski definition) is 1. The zero-order valence-electron chi connectivity index (χ0n) is 8.97. The van der Waals surface area contributed by atoms with E-state index in [0.29, 0.717) is 6.04 Å². The molecule has 0 radical (unpaired) electrons. The topological polar surface area (TPSA) is 26.0 Å². The van der Waals surface area contributed by atoms with Crippen LogP contribution in [-0.2, 0) is 0 Å². The van der Waals surface area contributed by atoms with Crippen LogP contribution in [0.1, 0.15) is 59.3 Å². The van der Waals surface area contributed by atoms with Crippen LogP contribution in [0, 0.1) is 5.92 Å². The summed E-state index contributed by atoms with van der Waals surface area (Å²) in [5.74, 6) is 0.902. The highest BCUT2D eigenvalue weighted by molar-refractivity contribution is 4.60. The maximum atomic E-state index is 5.83. The summed E-state index contributed by atoms with van der Waals surface area (Å²) in [5.41, 5.74) is 5.83. The minimum atomic E-state index is 0.443. The van der Waals surface area contributed by atoms with Crippen molar-refractivity contribution in [1.82, 2.24) is 0 Å². The first-order valence-corrected chi connectivity index (χ1v) is 5.46. The quantitative estimate of drug-likeness (QED) is 0.624. The lowest BCUT2D eigenvalue weighted by molar-refractivity contribution is 0.440. The number of rotatable bonds is 7. The molecule has 0 heterocycles. The summed E-state index contributed by atoms with van der Waals surface area (Å²) in [5, 5.41) is 0. The maximum Gasteiger partial charge on any atom is 0.00362 e. The maximum absolute atomic E-state index is 5.83. The molecule has 0 aromatic rings. The molecule has 2 N–H and O–H groups in total. The van der Waals surface area contributed by atoms with Gasteiger partial charge >= 0.3 is 0 Å². The van der Waals surface area contributed by atoms with Crippen molar-refractivity contribution in [3.63, 3.8) is 0 Å². The third kappa shape index (κ3) is 6.66. The molecule has 0 saturated heterocycles. The fraction of sp³-hybridized carbons (Fsp3) is 1.00. The van der Waals surface area contributed by atoms with Crippen LogP contribution in [-0.4, -0.2) is 6.04 Å². The van der Waals surface area contributed by atoms with E-state index in [9.17, 15) is 0 Å². The molecule has 12 heavy (non-hydrogen) atoms. The van der Waals surface area contributed by atoms with Gasteiger partial charge in [0.25, 0.3) is 0 Å². The van der Waals surface area contributed by atoms with Crippen molar-refractivity contribution in [2.24, 2.45) is 11.7 Å². The number of nitrogens with two attached hydrogens (primary N) is 1. The third-order valence-electron chi connectivity index (χ3n) is 2.58. The van der Waals surface area contributed by atoms with Crippen LogP contribution in [0.2, 0.25) is 0 Å². The van der Waals surface area contributed by atoms with Crippen molar-refractivity contribution in [2.75, 3.05) is 0 Å². The molecule has 0 spiro atoms. The predicted molar refractivity (Wildman–Crippen MR) is 56.2 cm³/mol. The van der Waals surface area contributed by atoms with Crippen molar-refractivity contribution in [1.29, 1.82) is 0 Å². The van der Waals surface area contributed by atoms with Gasteiger partial charge in [0.2, 0.25) is 0 Å². The molecule has 0 rings (SSSR count). The molecule has 0 aliphatic rings. The summed E-state index contributed by atoms with van der Waals surface area (Å²) in [7, 11) is 0. The second kappa shape index (κ2) is 7.60. The molecule has 74 valence electrons. The molecule has 0 aromatic heterocycles. The minimum Gasteiger partial charge on any atom is -0.328 e. The van der Waals surface area contributed by atoms with Gasteiger partial charge in [-0.25, -0.2) is 0 Å². The van der Waals surface area contributed by atoms with Crippen molar-refractivity contribution < 1.29 is 0 Å². The van der Waals surface area contributed by atoms with E-state index in [2.05, 4.69) is 20.8 Å². The van der Waals surface area contributed by atoms with Crippen molar-refractivity contribution in [3.8, 4) is 0 Å². The fourth-order valence-electron chi connectivity index (χ4n) is 1.57. The lowest BCUT2D eigenvalue weighted by Gasteiger charge is -2.11. The Bertz CT molecular complexity index is 91.0. The van der Waals surface area contributed by atoms with E-state index >= 15 is 0 Å². The highest BCUT2D eigenvalue weighted by Gasteiger charge is 2.02. The lowest BCUT2D eigenvalue weighted by atomic mass is 9.97. The standard InChI is InChI=1S/C11H25N/c1-4-7-10(3)8-6-9-11(12)5-2/h10-11H,4-9,12H2,1-3H3. The van der Waals surface area contributed by atoms with E-state index in [-0.39, 0.29) is 0 Å². The number of hydrogen-bond donors (Lipinski definition) is 1. The molecular weight excluding hydrogens is 146 g/mol. The molecule has 1 nitrogen and oxygen atoms in total. The van der Waals surface area contributed by atoms with Crippen molar-refractivity contribution >= 4 is 0 Å². The highest BCUT2D eigenvalue weighted by atomic mass is 14.6. The van der Waals surface area contributed by atoms with Crippen LogP contribution in [0.3, 0.4) is 0 Å². The Morgan fingerprint density at radius 1 is 1.08 bits per heavy atom. The average Bonchev–Trinajstić information content (AvgIpc) is 2.04. The first-order valence-electron chi connectivity index (χ1n) is 5.46. The van der Waals surface area contributed by atoms with E-state index in [1.165, 1.54) is 32.1 Å². The molecule has 0 aliphatic heterocycles. The van der Waals surface area contributed by atoms with Gasteiger partial charge in [0.05, 0.1) is 0 Å². The Kier molecular flexibility index (Phi) is 7.58. The lowest BCUT2D eigenvalue weighted by Crippen LogP contribution is -2.18. The van der Waals surface area contributed by atoms with Gasteiger partial charge in [0.1, 0.15) is 0 Å².